The lowest BCUT2D eigenvalue weighted by Gasteiger charge is -2.39. The number of carbonyl (C=O) groups excluding carboxylic acids is 4. The molecule has 0 saturated carbocycles. The minimum absolute atomic E-state index is 0.0986. The predicted molar refractivity (Wildman–Crippen MR) is 91.8 cm³/mol. The molecule has 0 aliphatic carbocycles. The Hall–Kier alpha value is -2.33. The Labute approximate surface area is 160 Å². The summed E-state index contributed by atoms with van der Waals surface area (Å²) in [6, 6.07) is -1.40. The fourth-order valence-electron chi connectivity index (χ4n) is 3.49. The van der Waals surface area contributed by atoms with E-state index in [0.29, 0.717) is 12.8 Å². The number of alkyl halides is 3. The molecule has 3 atom stereocenters. The van der Waals surface area contributed by atoms with Crippen LogP contribution in [0.5, 0.6) is 0 Å². The summed E-state index contributed by atoms with van der Waals surface area (Å²) < 4.78 is 38.9. The number of likely N-dealkylation sites (N-methyl/N-ethyl adjacent to an activating group) is 1. The number of fused-ring (bicyclic) bond motifs is 2. The first kappa shape index (κ1) is 22.0. The highest BCUT2D eigenvalue weighted by atomic mass is 19.4. The highest BCUT2D eigenvalue weighted by Gasteiger charge is 2.40. The maximum Gasteiger partial charge on any atom is 0.389 e. The molecular formula is C17H25F3N4O4. The van der Waals surface area contributed by atoms with Gasteiger partial charge in [0.15, 0.2) is 0 Å². The van der Waals surface area contributed by atoms with Gasteiger partial charge in [-0.3, -0.25) is 19.2 Å². The molecule has 0 spiro atoms. The van der Waals surface area contributed by atoms with Crippen molar-refractivity contribution in [1.29, 1.82) is 0 Å². The Morgan fingerprint density at radius 2 is 1.86 bits per heavy atom. The minimum Gasteiger partial charge on any atom is -0.345 e. The van der Waals surface area contributed by atoms with Crippen LogP contribution in [0.25, 0.3) is 0 Å². The van der Waals surface area contributed by atoms with E-state index in [1.807, 2.05) is 0 Å². The molecule has 2 aliphatic heterocycles. The zero-order valence-electron chi connectivity index (χ0n) is 15.8. The zero-order valence-corrected chi connectivity index (χ0v) is 15.8. The summed E-state index contributed by atoms with van der Waals surface area (Å²) in [5.74, 6) is -4.16. The van der Waals surface area contributed by atoms with E-state index in [4.69, 9.17) is 0 Å². The number of rotatable bonds is 1. The molecule has 2 rings (SSSR count). The molecule has 0 aromatic rings. The van der Waals surface area contributed by atoms with Gasteiger partial charge in [-0.05, 0) is 19.8 Å². The second kappa shape index (κ2) is 8.78. The number of hydrogen-bond donors (Lipinski definition) is 2. The Morgan fingerprint density at radius 1 is 1.18 bits per heavy atom. The summed E-state index contributed by atoms with van der Waals surface area (Å²) in [5.41, 5.74) is 0. The summed E-state index contributed by atoms with van der Waals surface area (Å²) in [5, 5.41) is 4.70. The van der Waals surface area contributed by atoms with Crippen LogP contribution in [0.3, 0.4) is 0 Å². The van der Waals surface area contributed by atoms with E-state index in [0.717, 1.165) is 0 Å². The molecule has 2 fully saturated rings. The van der Waals surface area contributed by atoms with Crippen molar-refractivity contribution in [2.24, 2.45) is 5.92 Å². The average molecular weight is 406 g/mol. The number of hydrogen-bond acceptors (Lipinski definition) is 4. The smallest absolute Gasteiger partial charge is 0.345 e. The summed E-state index contributed by atoms with van der Waals surface area (Å²) in [7, 11) is 1.54. The SMILES string of the molecule is CC1NC(=O)CC(CC(F)(F)F)C(=O)N2CCCC(C2)N(C)C(=O)CNC1=O. The van der Waals surface area contributed by atoms with E-state index in [9.17, 15) is 32.3 Å². The van der Waals surface area contributed by atoms with Crippen LogP contribution >= 0.6 is 0 Å². The van der Waals surface area contributed by atoms with Gasteiger partial charge < -0.3 is 20.4 Å². The topological polar surface area (TPSA) is 98.8 Å². The van der Waals surface area contributed by atoms with Gasteiger partial charge in [-0.25, -0.2) is 0 Å². The van der Waals surface area contributed by atoms with Gasteiger partial charge in [-0.15, -0.1) is 0 Å². The van der Waals surface area contributed by atoms with Gasteiger partial charge in [0.1, 0.15) is 6.04 Å². The molecule has 158 valence electrons. The van der Waals surface area contributed by atoms with Gasteiger partial charge in [0, 0.05) is 32.6 Å². The standard InChI is InChI=1S/C17H25F3N4O4/c1-10-15(27)21-8-14(26)23(2)12-4-3-5-24(9-12)16(28)11(6-13(25)22-10)7-17(18,19)20/h10-12H,3-9H2,1-2H3,(H,21,27)(H,22,25). The third kappa shape index (κ3) is 5.83. The van der Waals surface area contributed by atoms with E-state index >= 15 is 0 Å². The number of halogens is 3. The lowest BCUT2D eigenvalue weighted by Crippen LogP contribution is -2.55. The molecule has 4 amide bonds. The number of nitrogens with zero attached hydrogens (tertiary/aromatic N) is 2. The summed E-state index contributed by atoms with van der Waals surface area (Å²) in [4.78, 5) is 51.9. The van der Waals surface area contributed by atoms with Crippen molar-refractivity contribution in [3.8, 4) is 0 Å². The van der Waals surface area contributed by atoms with Crippen molar-refractivity contribution in [1.82, 2.24) is 20.4 Å². The van der Waals surface area contributed by atoms with Gasteiger partial charge >= 0.3 is 6.18 Å². The number of piperidine rings is 1. The van der Waals surface area contributed by atoms with Crippen LogP contribution in [0, 0.1) is 5.92 Å². The normalized spacial score (nSPS) is 28.5. The van der Waals surface area contributed by atoms with Crippen molar-refractivity contribution in [2.75, 3.05) is 26.7 Å². The minimum atomic E-state index is -4.61. The molecule has 2 aliphatic rings. The van der Waals surface area contributed by atoms with Gasteiger partial charge in [0.05, 0.1) is 18.9 Å². The zero-order chi connectivity index (χ0) is 21.1. The molecule has 3 unspecified atom stereocenters. The monoisotopic (exact) mass is 406 g/mol. The van der Waals surface area contributed by atoms with Crippen molar-refractivity contribution in [2.45, 2.75) is 50.9 Å². The molecular weight excluding hydrogens is 381 g/mol. The molecule has 0 radical (unpaired) electrons. The first-order valence-electron chi connectivity index (χ1n) is 9.16. The van der Waals surface area contributed by atoms with Crippen molar-refractivity contribution in [3.63, 3.8) is 0 Å². The largest absolute Gasteiger partial charge is 0.389 e. The van der Waals surface area contributed by atoms with E-state index in [2.05, 4.69) is 10.6 Å². The Bertz CT molecular complexity index is 640. The molecule has 8 nitrogen and oxygen atoms in total. The molecule has 2 N–H and O–H groups in total. The lowest BCUT2D eigenvalue weighted by atomic mass is 9.95. The quantitative estimate of drug-likeness (QED) is 0.642. The van der Waals surface area contributed by atoms with E-state index in [-0.39, 0.29) is 31.6 Å². The van der Waals surface area contributed by atoms with E-state index in [1.165, 1.54) is 23.8 Å². The highest BCUT2D eigenvalue weighted by Crippen LogP contribution is 2.29. The van der Waals surface area contributed by atoms with Crippen LogP contribution in [-0.2, 0) is 19.2 Å². The van der Waals surface area contributed by atoms with Gasteiger partial charge in [-0.2, -0.15) is 13.2 Å². The predicted octanol–water partition coefficient (Wildman–Crippen LogP) is 0.0290. The lowest BCUT2D eigenvalue weighted by molar-refractivity contribution is -0.162. The molecule has 2 saturated heterocycles. The molecule has 2 heterocycles. The van der Waals surface area contributed by atoms with E-state index < -0.39 is 48.7 Å². The highest BCUT2D eigenvalue weighted by molar-refractivity contribution is 5.92. The number of amides is 4. The summed E-state index contributed by atoms with van der Waals surface area (Å²) in [6.45, 7) is 1.46. The van der Waals surface area contributed by atoms with Gasteiger partial charge in [0.2, 0.25) is 23.6 Å². The summed E-state index contributed by atoms with van der Waals surface area (Å²) in [6.07, 6.45) is -5.57. The van der Waals surface area contributed by atoms with Crippen molar-refractivity contribution >= 4 is 23.6 Å². The van der Waals surface area contributed by atoms with Crippen molar-refractivity contribution < 1.29 is 32.3 Å². The van der Waals surface area contributed by atoms with Crippen LogP contribution in [0.4, 0.5) is 13.2 Å². The molecule has 2 bridgehead atoms. The fraction of sp³-hybridized carbons (Fsp3) is 0.765. The molecule has 11 heteroatoms. The fourth-order valence-corrected chi connectivity index (χ4v) is 3.49. The van der Waals surface area contributed by atoms with Crippen LogP contribution in [0.15, 0.2) is 0 Å². The van der Waals surface area contributed by atoms with Crippen LogP contribution in [-0.4, -0.2) is 78.4 Å². The second-order valence-electron chi connectivity index (χ2n) is 7.31. The number of carbonyl (C=O) groups is 4. The molecule has 28 heavy (non-hydrogen) atoms. The van der Waals surface area contributed by atoms with Gasteiger partial charge in [0.25, 0.3) is 0 Å². The van der Waals surface area contributed by atoms with Gasteiger partial charge in [-0.1, -0.05) is 0 Å². The third-order valence-electron chi connectivity index (χ3n) is 5.09. The third-order valence-corrected chi connectivity index (χ3v) is 5.09. The first-order chi connectivity index (χ1) is 13.0. The first-order valence-corrected chi connectivity index (χ1v) is 9.16. The molecule has 0 aromatic heterocycles. The average Bonchev–Trinajstić information content (AvgIpc) is 2.62. The summed E-state index contributed by atoms with van der Waals surface area (Å²) >= 11 is 0. The number of nitrogens with one attached hydrogen (secondary N) is 2. The van der Waals surface area contributed by atoms with E-state index in [1.54, 1.807) is 0 Å². The maximum atomic E-state index is 13.0. The Balaban J connectivity index is 2.29. The Kier molecular flexibility index (Phi) is 6.89. The van der Waals surface area contributed by atoms with Crippen LogP contribution in [0.1, 0.15) is 32.6 Å². The van der Waals surface area contributed by atoms with Crippen LogP contribution in [0.2, 0.25) is 0 Å². The Morgan fingerprint density at radius 3 is 2.50 bits per heavy atom. The molecule has 0 aromatic carbocycles. The van der Waals surface area contributed by atoms with Crippen molar-refractivity contribution in [3.05, 3.63) is 0 Å². The second-order valence-corrected chi connectivity index (χ2v) is 7.31. The maximum absolute atomic E-state index is 13.0. The van der Waals surface area contributed by atoms with Crippen LogP contribution < -0.4 is 10.6 Å².